The van der Waals surface area contributed by atoms with Crippen LogP contribution >= 0.6 is 0 Å². The molecule has 0 spiro atoms. The van der Waals surface area contributed by atoms with Crippen LogP contribution in [-0.4, -0.2) is 55.2 Å². The number of ether oxygens (including phenoxy) is 1. The maximum Gasteiger partial charge on any atom is 0.407 e. The molecule has 1 unspecified atom stereocenters. The summed E-state index contributed by atoms with van der Waals surface area (Å²) in [6.45, 7) is -0.478. The van der Waals surface area contributed by atoms with Crippen LogP contribution in [0.5, 0.6) is 0 Å². The van der Waals surface area contributed by atoms with Gasteiger partial charge in [-0.2, -0.15) is 0 Å². The molecule has 35 heavy (non-hydrogen) atoms. The van der Waals surface area contributed by atoms with Crippen molar-refractivity contribution in [1.82, 2.24) is 16.0 Å². The number of carboxylic acid groups (broad SMARTS) is 1. The third kappa shape index (κ3) is 5.79. The Morgan fingerprint density at radius 3 is 2.00 bits per heavy atom. The first-order valence-corrected chi connectivity index (χ1v) is 11.8. The van der Waals surface area contributed by atoms with E-state index >= 15 is 0 Å². The third-order valence-corrected chi connectivity index (χ3v) is 6.74. The van der Waals surface area contributed by atoms with E-state index in [2.05, 4.69) is 16.0 Å². The van der Waals surface area contributed by atoms with Crippen LogP contribution in [0.2, 0.25) is 0 Å². The molecule has 2 aromatic rings. The lowest BCUT2D eigenvalue weighted by Crippen LogP contribution is -2.45. The van der Waals surface area contributed by atoms with Gasteiger partial charge in [-0.1, -0.05) is 55.0 Å². The van der Waals surface area contributed by atoms with Gasteiger partial charge in [0, 0.05) is 12.5 Å². The normalized spacial score (nSPS) is 15.2. The van der Waals surface area contributed by atoms with E-state index in [0.717, 1.165) is 41.5 Å². The fourth-order valence-electron chi connectivity index (χ4n) is 4.63. The molecule has 1 fully saturated rings. The number of amides is 3. The average molecular weight is 480 g/mol. The third-order valence-electron chi connectivity index (χ3n) is 6.74. The molecule has 9 nitrogen and oxygen atoms in total. The Kier molecular flexibility index (Phi) is 7.64. The summed E-state index contributed by atoms with van der Waals surface area (Å²) >= 11 is 0. The second-order valence-electron chi connectivity index (χ2n) is 8.90. The summed E-state index contributed by atoms with van der Waals surface area (Å²) in [5, 5.41) is 16.6. The minimum absolute atomic E-state index is 0.0344. The number of fused-ring (bicyclic) bond motifs is 3. The Morgan fingerprint density at radius 1 is 0.857 bits per heavy atom. The number of nitrogens with one attached hydrogen (secondary N) is 3. The van der Waals surface area contributed by atoms with Gasteiger partial charge in [-0.05, 0) is 41.0 Å². The first kappa shape index (κ1) is 24.3. The van der Waals surface area contributed by atoms with Crippen molar-refractivity contribution < 1.29 is 29.0 Å². The molecule has 0 bridgehead atoms. The molecule has 0 radical (unpaired) electrons. The zero-order chi connectivity index (χ0) is 24.8. The van der Waals surface area contributed by atoms with E-state index in [-0.39, 0.29) is 38.1 Å². The number of alkyl carbamates (subject to hydrolysis) is 1. The first-order valence-electron chi connectivity index (χ1n) is 11.8. The Morgan fingerprint density at radius 2 is 1.43 bits per heavy atom. The molecular formula is C26H29N3O6. The van der Waals surface area contributed by atoms with Crippen molar-refractivity contribution in [2.75, 3.05) is 26.2 Å². The van der Waals surface area contributed by atoms with E-state index in [4.69, 9.17) is 4.74 Å². The predicted octanol–water partition coefficient (Wildman–Crippen LogP) is 2.26. The minimum atomic E-state index is -0.925. The Bertz CT molecular complexity index is 1070. The van der Waals surface area contributed by atoms with Gasteiger partial charge < -0.3 is 25.8 Å². The molecule has 0 aromatic heterocycles. The average Bonchev–Trinajstić information content (AvgIpc) is 3.15. The van der Waals surface area contributed by atoms with Crippen molar-refractivity contribution in [2.24, 2.45) is 11.8 Å². The molecule has 2 aromatic carbocycles. The summed E-state index contributed by atoms with van der Waals surface area (Å²) in [5.74, 6) is -2.57. The summed E-state index contributed by atoms with van der Waals surface area (Å²) in [6, 6.07) is 16.0. The van der Waals surface area contributed by atoms with Crippen molar-refractivity contribution in [3.63, 3.8) is 0 Å². The van der Waals surface area contributed by atoms with Crippen LogP contribution in [0.25, 0.3) is 11.1 Å². The molecule has 4 rings (SSSR count). The van der Waals surface area contributed by atoms with Gasteiger partial charge in [0.25, 0.3) is 0 Å². The summed E-state index contributed by atoms with van der Waals surface area (Å²) in [5.41, 5.74) is 4.43. The number of aliphatic carboxylic acids is 1. The molecule has 0 aliphatic heterocycles. The summed E-state index contributed by atoms with van der Waals surface area (Å²) in [7, 11) is 0. The highest BCUT2D eigenvalue weighted by atomic mass is 16.5. The molecule has 3 amide bonds. The Balaban J connectivity index is 1.17. The number of benzene rings is 2. The van der Waals surface area contributed by atoms with Gasteiger partial charge in [0.1, 0.15) is 13.2 Å². The maximum absolute atomic E-state index is 12.2. The number of hydrogen-bond donors (Lipinski definition) is 4. The monoisotopic (exact) mass is 479 g/mol. The lowest BCUT2D eigenvalue weighted by Gasteiger charge is -2.31. The largest absolute Gasteiger partial charge is 0.481 e. The highest BCUT2D eigenvalue weighted by Crippen LogP contribution is 2.44. The Labute approximate surface area is 203 Å². The van der Waals surface area contributed by atoms with Gasteiger partial charge in [0.05, 0.1) is 12.5 Å². The van der Waals surface area contributed by atoms with Crippen molar-refractivity contribution in [1.29, 1.82) is 0 Å². The molecule has 9 heteroatoms. The molecule has 184 valence electrons. The molecular weight excluding hydrogens is 450 g/mol. The van der Waals surface area contributed by atoms with Crippen molar-refractivity contribution in [3.8, 4) is 11.1 Å². The summed E-state index contributed by atoms with van der Waals surface area (Å²) in [6.07, 6.45) is 1.99. The fourth-order valence-corrected chi connectivity index (χ4v) is 4.63. The zero-order valence-corrected chi connectivity index (χ0v) is 19.3. The van der Waals surface area contributed by atoms with Crippen LogP contribution in [0.15, 0.2) is 48.5 Å². The van der Waals surface area contributed by atoms with Crippen LogP contribution in [0.3, 0.4) is 0 Å². The lowest BCUT2D eigenvalue weighted by molar-refractivity contribution is -0.145. The van der Waals surface area contributed by atoms with Gasteiger partial charge in [-0.25, -0.2) is 4.79 Å². The SMILES string of the molecule is O=C(CNC(=O)CNC(=O)OCC1c2ccccc2-c2ccccc21)NCC(C(=O)O)C1CCC1. The van der Waals surface area contributed by atoms with E-state index in [9.17, 15) is 24.3 Å². The quantitative estimate of drug-likeness (QED) is 0.413. The van der Waals surface area contributed by atoms with Crippen molar-refractivity contribution in [2.45, 2.75) is 25.2 Å². The standard InChI is InChI=1S/C26H29N3O6/c30-23(27-12-21(25(32)33)16-6-5-7-16)13-28-24(31)14-29-26(34)35-15-22-19-10-3-1-8-17(19)18-9-2-4-11-20(18)22/h1-4,8-11,16,21-22H,5-7,12-15H2,(H,27,30)(H,28,31)(H,29,34)(H,32,33). The number of carboxylic acids is 1. The van der Waals surface area contributed by atoms with E-state index in [0.29, 0.717) is 0 Å². The molecule has 2 aliphatic rings. The highest BCUT2D eigenvalue weighted by Gasteiger charge is 2.32. The summed E-state index contributed by atoms with van der Waals surface area (Å²) in [4.78, 5) is 47.5. The highest BCUT2D eigenvalue weighted by molar-refractivity contribution is 5.87. The zero-order valence-electron chi connectivity index (χ0n) is 19.3. The van der Waals surface area contributed by atoms with Gasteiger partial charge in [0.15, 0.2) is 0 Å². The van der Waals surface area contributed by atoms with Gasteiger partial charge in [-0.3, -0.25) is 14.4 Å². The summed E-state index contributed by atoms with van der Waals surface area (Å²) < 4.78 is 5.38. The fraction of sp³-hybridized carbons (Fsp3) is 0.385. The van der Waals surface area contributed by atoms with E-state index in [1.165, 1.54) is 0 Å². The predicted molar refractivity (Wildman–Crippen MR) is 128 cm³/mol. The van der Waals surface area contributed by atoms with Crippen LogP contribution in [0.4, 0.5) is 4.79 Å². The minimum Gasteiger partial charge on any atom is -0.481 e. The van der Waals surface area contributed by atoms with E-state index in [1.807, 2.05) is 48.5 Å². The molecule has 1 saturated carbocycles. The second-order valence-corrected chi connectivity index (χ2v) is 8.90. The van der Waals surface area contributed by atoms with Gasteiger partial charge in [0.2, 0.25) is 11.8 Å². The molecule has 2 aliphatic carbocycles. The van der Waals surface area contributed by atoms with Crippen LogP contribution < -0.4 is 16.0 Å². The number of carbonyl (C=O) groups excluding carboxylic acids is 3. The van der Waals surface area contributed by atoms with E-state index < -0.39 is 29.8 Å². The van der Waals surface area contributed by atoms with Crippen molar-refractivity contribution >= 4 is 23.9 Å². The van der Waals surface area contributed by atoms with Crippen LogP contribution in [0.1, 0.15) is 36.3 Å². The topological polar surface area (TPSA) is 134 Å². The number of carbonyl (C=O) groups is 4. The number of hydrogen-bond acceptors (Lipinski definition) is 5. The van der Waals surface area contributed by atoms with Gasteiger partial charge >= 0.3 is 12.1 Å². The first-order chi connectivity index (χ1) is 16.9. The molecule has 4 N–H and O–H groups in total. The van der Waals surface area contributed by atoms with E-state index in [1.54, 1.807) is 0 Å². The van der Waals surface area contributed by atoms with Crippen molar-refractivity contribution in [3.05, 3.63) is 59.7 Å². The number of rotatable bonds is 10. The smallest absolute Gasteiger partial charge is 0.407 e. The maximum atomic E-state index is 12.2. The molecule has 0 heterocycles. The Hall–Kier alpha value is -3.88. The van der Waals surface area contributed by atoms with Crippen LogP contribution in [-0.2, 0) is 19.1 Å². The van der Waals surface area contributed by atoms with Gasteiger partial charge in [-0.15, -0.1) is 0 Å². The second kappa shape index (κ2) is 11.0. The molecule has 1 atom stereocenters. The molecule has 0 saturated heterocycles. The van der Waals surface area contributed by atoms with Crippen LogP contribution in [0, 0.1) is 11.8 Å². The lowest BCUT2D eigenvalue weighted by atomic mass is 9.76.